The van der Waals surface area contributed by atoms with Crippen molar-refractivity contribution >= 4 is 5.69 Å². The lowest BCUT2D eigenvalue weighted by molar-refractivity contribution is 0.0970. The fourth-order valence-corrected chi connectivity index (χ4v) is 3.08. The molecule has 1 aliphatic carbocycles. The van der Waals surface area contributed by atoms with Gasteiger partial charge >= 0.3 is 0 Å². The van der Waals surface area contributed by atoms with E-state index in [4.69, 9.17) is 0 Å². The third-order valence-corrected chi connectivity index (χ3v) is 4.63. The Morgan fingerprint density at radius 3 is 2.75 bits per heavy atom. The van der Waals surface area contributed by atoms with Crippen LogP contribution in [0.15, 0.2) is 18.2 Å². The number of aryl methyl sites for hydroxylation is 1. The number of nitrogens with one attached hydrogen (secondary N) is 1. The van der Waals surface area contributed by atoms with Crippen molar-refractivity contribution in [3.8, 4) is 0 Å². The zero-order valence-electron chi connectivity index (χ0n) is 12.6. The first kappa shape index (κ1) is 13.9. The number of anilines is 1. The lowest BCUT2D eigenvalue weighted by Crippen LogP contribution is -2.42. The van der Waals surface area contributed by atoms with Crippen LogP contribution in [0.5, 0.6) is 0 Å². The molecular weight excluding hydrogens is 248 g/mol. The number of aliphatic hydroxyl groups excluding tert-OH is 1. The van der Waals surface area contributed by atoms with E-state index >= 15 is 0 Å². The molecule has 2 atom stereocenters. The highest BCUT2D eigenvalue weighted by Gasteiger charge is 2.25. The normalized spacial score (nSPS) is 26.9. The first-order valence-electron chi connectivity index (χ1n) is 7.89. The van der Waals surface area contributed by atoms with Crippen molar-refractivity contribution < 1.29 is 5.11 Å². The molecule has 0 radical (unpaired) electrons. The first-order valence-corrected chi connectivity index (χ1v) is 7.89. The Balaban J connectivity index is 1.66. The van der Waals surface area contributed by atoms with Crippen LogP contribution >= 0.6 is 0 Å². The molecule has 110 valence electrons. The van der Waals surface area contributed by atoms with Gasteiger partial charge in [0.15, 0.2) is 0 Å². The van der Waals surface area contributed by atoms with Crippen molar-refractivity contribution in [2.45, 2.75) is 51.8 Å². The van der Waals surface area contributed by atoms with Gasteiger partial charge in [-0.25, -0.2) is 0 Å². The molecule has 1 saturated heterocycles. The lowest BCUT2D eigenvalue weighted by Gasteiger charge is -2.36. The Morgan fingerprint density at radius 2 is 2.10 bits per heavy atom. The molecule has 20 heavy (non-hydrogen) atoms. The summed E-state index contributed by atoms with van der Waals surface area (Å²) in [7, 11) is 0. The Hall–Kier alpha value is -1.06. The molecule has 1 aromatic carbocycles. The van der Waals surface area contributed by atoms with Gasteiger partial charge in [-0.2, -0.15) is 0 Å². The summed E-state index contributed by atoms with van der Waals surface area (Å²) in [6.07, 6.45) is 3.43. The van der Waals surface area contributed by atoms with E-state index in [-0.39, 0.29) is 6.10 Å². The molecule has 1 saturated carbocycles. The molecule has 2 N–H and O–H groups in total. The molecule has 0 bridgehead atoms. The second-order valence-electron chi connectivity index (χ2n) is 6.56. The van der Waals surface area contributed by atoms with Gasteiger partial charge in [0.2, 0.25) is 0 Å². The SMILES string of the molecule is Cc1cc(CNC2CC2)ccc1N1CCC(O)C(C)C1. The minimum atomic E-state index is -0.131. The van der Waals surface area contributed by atoms with E-state index in [1.807, 2.05) is 0 Å². The number of nitrogens with zero attached hydrogens (tertiary/aromatic N) is 1. The van der Waals surface area contributed by atoms with Crippen molar-refractivity contribution in [2.24, 2.45) is 5.92 Å². The third kappa shape index (κ3) is 3.15. The smallest absolute Gasteiger partial charge is 0.0599 e. The standard InChI is InChI=1S/C17H26N2O/c1-12-9-14(10-18-15-4-5-15)3-6-16(12)19-8-7-17(20)13(2)11-19/h3,6,9,13,15,17-18,20H,4-5,7-8,10-11H2,1-2H3. The van der Waals surface area contributed by atoms with E-state index in [1.54, 1.807) is 0 Å². The van der Waals surface area contributed by atoms with E-state index in [2.05, 4.69) is 42.3 Å². The van der Waals surface area contributed by atoms with Crippen LogP contribution in [0.1, 0.15) is 37.3 Å². The van der Waals surface area contributed by atoms with Gasteiger partial charge in [-0.15, -0.1) is 0 Å². The average Bonchev–Trinajstić information content (AvgIpc) is 3.24. The summed E-state index contributed by atoms with van der Waals surface area (Å²) >= 11 is 0. The van der Waals surface area contributed by atoms with Crippen LogP contribution in [0, 0.1) is 12.8 Å². The highest BCUT2D eigenvalue weighted by Crippen LogP contribution is 2.27. The number of benzene rings is 1. The van der Waals surface area contributed by atoms with E-state index in [0.29, 0.717) is 5.92 Å². The maximum Gasteiger partial charge on any atom is 0.0599 e. The zero-order chi connectivity index (χ0) is 14.1. The fraction of sp³-hybridized carbons (Fsp3) is 0.647. The van der Waals surface area contributed by atoms with E-state index in [1.165, 1.54) is 29.7 Å². The van der Waals surface area contributed by atoms with Crippen LogP contribution in [0.3, 0.4) is 0 Å². The summed E-state index contributed by atoms with van der Waals surface area (Å²) in [6.45, 7) is 7.25. The number of rotatable bonds is 4. The highest BCUT2D eigenvalue weighted by molar-refractivity contribution is 5.55. The van der Waals surface area contributed by atoms with Crippen LogP contribution in [-0.4, -0.2) is 30.3 Å². The molecule has 3 heteroatoms. The van der Waals surface area contributed by atoms with Crippen molar-refractivity contribution in [3.63, 3.8) is 0 Å². The molecular formula is C17H26N2O. The Kier molecular flexibility index (Phi) is 3.99. The summed E-state index contributed by atoms with van der Waals surface area (Å²) in [4.78, 5) is 2.42. The Morgan fingerprint density at radius 1 is 1.30 bits per heavy atom. The fourth-order valence-electron chi connectivity index (χ4n) is 3.08. The predicted octanol–water partition coefficient (Wildman–Crippen LogP) is 2.45. The summed E-state index contributed by atoms with van der Waals surface area (Å²) < 4.78 is 0. The highest BCUT2D eigenvalue weighted by atomic mass is 16.3. The van der Waals surface area contributed by atoms with Crippen LogP contribution in [0.25, 0.3) is 0 Å². The molecule has 1 aliphatic heterocycles. The van der Waals surface area contributed by atoms with Crippen molar-refractivity contribution in [2.75, 3.05) is 18.0 Å². The molecule has 2 unspecified atom stereocenters. The molecule has 0 spiro atoms. The lowest BCUT2D eigenvalue weighted by atomic mass is 9.95. The second kappa shape index (κ2) is 5.74. The number of hydrogen-bond acceptors (Lipinski definition) is 3. The summed E-state index contributed by atoms with van der Waals surface area (Å²) in [6, 6.07) is 7.57. The van der Waals surface area contributed by atoms with Gasteiger partial charge in [0, 0.05) is 31.4 Å². The minimum absolute atomic E-state index is 0.131. The largest absolute Gasteiger partial charge is 0.393 e. The number of aliphatic hydroxyl groups is 1. The molecule has 0 amide bonds. The summed E-state index contributed by atoms with van der Waals surface area (Å²) in [5.74, 6) is 0.361. The topological polar surface area (TPSA) is 35.5 Å². The van der Waals surface area contributed by atoms with Gasteiger partial charge < -0.3 is 15.3 Å². The van der Waals surface area contributed by atoms with Gasteiger partial charge in [-0.1, -0.05) is 19.1 Å². The van der Waals surface area contributed by atoms with Crippen molar-refractivity contribution in [3.05, 3.63) is 29.3 Å². The number of hydrogen-bond donors (Lipinski definition) is 2. The zero-order valence-corrected chi connectivity index (χ0v) is 12.6. The van der Waals surface area contributed by atoms with Crippen molar-refractivity contribution in [1.82, 2.24) is 5.32 Å². The van der Waals surface area contributed by atoms with Crippen LogP contribution in [0.2, 0.25) is 0 Å². The number of piperidine rings is 1. The van der Waals surface area contributed by atoms with Crippen LogP contribution in [-0.2, 0) is 6.54 Å². The molecule has 0 aromatic heterocycles. The maximum absolute atomic E-state index is 9.85. The van der Waals surface area contributed by atoms with E-state index < -0.39 is 0 Å². The quantitative estimate of drug-likeness (QED) is 0.885. The molecule has 2 fully saturated rings. The Labute approximate surface area is 122 Å². The monoisotopic (exact) mass is 274 g/mol. The minimum Gasteiger partial charge on any atom is -0.393 e. The van der Waals surface area contributed by atoms with Gasteiger partial charge in [-0.05, 0) is 49.3 Å². The average molecular weight is 274 g/mol. The van der Waals surface area contributed by atoms with E-state index in [0.717, 1.165) is 32.1 Å². The van der Waals surface area contributed by atoms with Crippen molar-refractivity contribution in [1.29, 1.82) is 0 Å². The molecule has 1 heterocycles. The molecule has 1 aromatic rings. The summed E-state index contributed by atoms with van der Waals surface area (Å²) in [5.41, 5.74) is 4.06. The van der Waals surface area contributed by atoms with Gasteiger partial charge in [0.25, 0.3) is 0 Å². The second-order valence-corrected chi connectivity index (χ2v) is 6.56. The first-order chi connectivity index (χ1) is 9.63. The molecule has 3 nitrogen and oxygen atoms in total. The van der Waals surface area contributed by atoms with Gasteiger partial charge in [0.05, 0.1) is 6.10 Å². The third-order valence-electron chi connectivity index (χ3n) is 4.63. The van der Waals surface area contributed by atoms with E-state index in [9.17, 15) is 5.11 Å². The predicted molar refractivity (Wildman–Crippen MR) is 83.0 cm³/mol. The maximum atomic E-state index is 9.85. The molecule has 2 aliphatic rings. The van der Waals surface area contributed by atoms with Crippen LogP contribution in [0.4, 0.5) is 5.69 Å². The van der Waals surface area contributed by atoms with Crippen LogP contribution < -0.4 is 10.2 Å². The Bertz CT molecular complexity index is 470. The molecule has 3 rings (SSSR count). The van der Waals surface area contributed by atoms with Gasteiger partial charge in [0.1, 0.15) is 0 Å². The van der Waals surface area contributed by atoms with Gasteiger partial charge in [-0.3, -0.25) is 0 Å². The summed E-state index contributed by atoms with van der Waals surface area (Å²) in [5, 5.41) is 13.4.